The van der Waals surface area contributed by atoms with Crippen molar-refractivity contribution in [3.63, 3.8) is 0 Å². The summed E-state index contributed by atoms with van der Waals surface area (Å²) in [6.45, 7) is 1.98. The number of aromatic nitrogens is 1. The van der Waals surface area contributed by atoms with Crippen molar-refractivity contribution in [1.29, 1.82) is 0 Å². The highest BCUT2D eigenvalue weighted by Crippen LogP contribution is 2.29. The van der Waals surface area contributed by atoms with Crippen LogP contribution in [0.5, 0.6) is 0 Å². The van der Waals surface area contributed by atoms with Crippen molar-refractivity contribution in [2.24, 2.45) is 0 Å². The summed E-state index contributed by atoms with van der Waals surface area (Å²) < 4.78 is 0.454. The predicted molar refractivity (Wildman–Crippen MR) is 77.1 cm³/mol. The summed E-state index contributed by atoms with van der Waals surface area (Å²) in [6, 6.07) is 10.6. The molecule has 0 aliphatic heterocycles. The average molecular weight is 322 g/mol. The lowest BCUT2D eigenvalue weighted by Crippen LogP contribution is -2.08. The van der Waals surface area contributed by atoms with Gasteiger partial charge in [0, 0.05) is 18.0 Å². The highest BCUT2D eigenvalue weighted by atomic mass is 79.9. The van der Waals surface area contributed by atoms with E-state index in [0.29, 0.717) is 4.47 Å². The zero-order valence-corrected chi connectivity index (χ0v) is 11.8. The molecule has 0 aliphatic carbocycles. The number of nitro benzene ring substituents is 1. The Labute approximate surface area is 119 Å². The number of halogens is 1. The van der Waals surface area contributed by atoms with Gasteiger partial charge in [0.2, 0.25) is 0 Å². The van der Waals surface area contributed by atoms with E-state index in [1.165, 1.54) is 6.07 Å². The molecular formula is C13H12BrN3O2. The molecule has 0 aliphatic rings. The third-order valence-electron chi connectivity index (χ3n) is 2.66. The lowest BCUT2D eigenvalue weighted by molar-refractivity contribution is -0.385. The summed E-state index contributed by atoms with van der Waals surface area (Å²) in [7, 11) is 0. The molecule has 0 spiro atoms. The summed E-state index contributed by atoms with van der Waals surface area (Å²) in [4.78, 5) is 14.6. The van der Waals surface area contributed by atoms with Crippen LogP contribution in [-0.2, 0) is 0 Å². The molecule has 1 N–H and O–H groups in total. The molecular weight excluding hydrogens is 310 g/mol. The molecule has 1 atom stereocenters. The molecule has 19 heavy (non-hydrogen) atoms. The fourth-order valence-electron chi connectivity index (χ4n) is 1.70. The molecule has 0 radical (unpaired) electrons. The van der Waals surface area contributed by atoms with Crippen molar-refractivity contribution in [2.75, 3.05) is 5.32 Å². The quantitative estimate of drug-likeness (QED) is 0.684. The molecule has 2 rings (SSSR count). The molecule has 0 fully saturated rings. The summed E-state index contributed by atoms with van der Waals surface area (Å²) >= 11 is 3.20. The number of nitro groups is 1. The Balaban J connectivity index is 2.16. The Morgan fingerprint density at radius 2 is 2.16 bits per heavy atom. The number of hydrogen-bond acceptors (Lipinski definition) is 4. The normalized spacial score (nSPS) is 11.9. The Morgan fingerprint density at radius 3 is 2.74 bits per heavy atom. The van der Waals surface area contributed by atoms with Crippen LogP contribution in [0.3, 0.4) is 0 Å². The maximum atomic E-state index is 10.7. The Kier molecular flexibility index (Phi) is 4.11. The van der Waals surface area contributed by atoms with Crippen molar-refractivity contribution in [3.05, 3.63) is 62.9 Å². The first kappa shape index (κ1) is 13.5. The largest absolute Gasteiger partial charge is 0.377 e. The van der Waals surface area contributed by atoms with Crippen LogP contribution in [0.25, 0.3) is 0 Å². The van der Waals surface area contributed by atoms with Gasteiger partial charge in [-0.05, 0) is 47.1 Å². The van der Waals surface area contributed by atoms with Crippen molar-refractivity contribution >= 4 is 27.3 Å². The van der Waals surface area contributed by atoms with Gasteiger partial charge in [-0.1, -0.05) is 6.07 Å². The minimum atomic E-state index is -0.421. The van der Waals surface area contributed by atoms with E-state index in [-0.39, 0.29) is 11.7 Å². The van der Waals surface area contributed by atoms with Gasteiger partial charge in [0.05, 0.1) is 21.1 Å². The van der Waals surface area contributed by atoms with Gasteiger partial charge in [-0.15, -0.1) is 0 Å². The Hall–Kier alpha value is -1.95. The van der Waals surface area contributed by atoms with Crippen LogP contribution in [0.4, 0.5) is 11.4 Å². The molecule has 1 aromatic heterocycles. The second kappa shape index (κ2) is 5.79. The smallest absolute Gasteiger partial charge is 0.283 e. The highest BCUT2D eigenvalue weighted by molar-refractivity contribution is 9.10. The monoisotopic (exact) mass is 321 g/mol. The summed E-state index contributed by atoms with van der Waals surface area (Å²) in [5, 5.41) is 14.0. The molecule has 0 amide bonds. The van der Waals surface area contributed by atoms with E-state index in [1.807, 2.05) is 25.1 Å². The topological polar surface area (TPSA) is 68.1 Å². The van der Waals surface area contributed by atoms with Crippen LogP contribution in [0.15, 0.2) is 47.1 Å². The molecule has 5 nitrogen and oxygen atoms in total. The van der Waals surface area contributed by atoms with Crippen LogP contribution in [0.2, 0.25) is 0 Å². The summed E-state index contributed by atoms with van der Waals surface area (Å²) in [5.41, 5.74) is 1.77. The van der Waals surface area contributed by atoms with Crippen LogP contribution in [0.1, 0.15) is 18.7 Å². The molecule has 1 heterocycles. The zero-order valence-electron chi connectivity index (χ0n) is 10.2. The number of nitrogens with zero attached hydrogens (tertiary/aromatic N) is 2. The third kappa shape index (κ3) is 3.29. The van der Waals surface area contributed by atoms with Crippen molar-refractivity contribution < 1.29 is 4.92 Å². The van der Waals surface area contributed by atoms with Crippen LogP contribution < -0.4 is 5.32 Å². The lowest BCUT2D eigenvalue weighted by Gasteiger charge is -2.14. The van der Waals surface area contributed by atoms with Crippen molar-refractivity contribution in [2.45, 2.75) is 13.0 Å². The van der Waals surface area contributed by atoms with Crippen molar-refractivity contribution in [1.82, 2.24) is 4.98 Å². The Morgan fingerprint density at radius 1 is 1.37 bits per heavy atom. The van der Waals surface area contributed by atoms with Gasteiger partial charge in [0.25, 0.3) is 5.69 Å². The average Bonchev–Trinajstić information content (AvgIpc) is 2.39. The highest BCUT2D eigenvalue weighted by Gasteiger charge is 2.13. The minimum absolute atomic E-state index is 0.0227. The van der Waals surface area contributed by atoms with Gasteiger partial charge in [-0.25, -0.2) is 0 Å². The SMILES string of the molecule is CC(Nc1ccc([N+](=O)[O-])c(Br)c1)c1ccccn1. The second-order valence-corrected chi connectivity index (χ2v) is 4.90. The van der Waals surface area contributed by atoms with E-state index in [1.54, 1.807) is 18.3 Å². The van der Waals surface area contributed by atoms with Gasteiger partial charge in [0.1, 0.15) is 0 Å². The van der Waals surface area contributed by atoms with E-state index in [9.17, 15) is 10.1 Å². The summed E-state index contributed by atoms with van der Waals surface area (Å²) in [5.74, 6) is 0. The van der Waals surface area contributed by atoms with Crippen LogP contribution in [-0.4, -0.2) is 9.91 Å². The molecule has 98 valence electrons. The van der Waals surface area contributed by atoms with E-state index in [4.69, 9.17) is 0 Å². The van der Waals surface area contributed by atoms with Gasteiger partial charge >= 0.3 is 0 Å². The number of nitrogens with one attached hydrogen (secondary N) is 1. The first-order valence-corrected chi connectivity index (χ1v) is 6.48. The maximum Gasteiger partial charge on any atom is 0.283 e. The number of hydrogen-bond donors (Lipinski definition) is 1. The molecule has 1 aromatic carbocycles. The second-order valence-electron chi connectivity index (χ2n) is 4.04. The molecule has 0 bridgehead atoms. The number of anilines is 1. The van der Waals surface area contributed by atoms with Gasteiger partial charge in [-0.2, -0.15) is 0 Å². The van der Waals surface area contributed by atoms with Gasteiger partial charge in [-0.3, -0.25) is 15.1 Å². The minimum Gasteiger partial charge on any atom is -0.377 e. The first-order chi connectivity index (χ1) is 9.08. The first-order valence-electron chi connectivity index (χ1n) is 5.69. The number of benzene rings is 1. The molecule has 1 unspecified atom stereocenters. The standard InChI is InChI=1S/C13H12BrN3O2/c1-9(12-4-2-3-7-15-12)16-10-5-6-13(17(18)19)11(14)8-10/h2-9,16H,1H3. The van der Waals surface area contributed by atoms with Crippen LogP contribution >= 0.6 is 15.9 Å². The number of rotatable bonds is 4. The number of pyridine rings is 1. The zero-order chi connectivity index (χ0) is 13.8. The van der Waals surface area contributed by atoms with E-state index >= 15 is 0 Å². The Bertz CT molecular complexity index is 590. The molecule has 0 saturated carbocycles. The van der Waals surface area contributed by atoms with E-state index < -0.39 is 4.92 Å². The summed E-state index contributed by atoms with van der Waals surface area (Å²) in [6.07, 6.45) is 1.74. The van der Waals surface area contributed by atoms with Gasteiger partial charge in [0.15, 0.2) is 0 Å². The fourth-order valence-corrected chi connectivity index (χ4v) is 2.22. The lowest BCUT2D eigenvalue weighted by atomic mass is 10.2. The molecule has 0 saturated heterocycles. The van der Waals surface area contributed by atoms with Crippen molar-refractivity contribution in [3.8, 4) is 0 Å². The van der Waals surface area contributed by atoms with Gasteiger partial charge < -0.3 is 5.32 Å². The molecule has 6 heteroatoms. The third-order valence-corrected chi connectivity index (χ3v) is 3.29. The van der Waals surface area contributed by atoms with E-state index in [2.05, 4.69) is 26.2 Å². The van der Waals surface area contributed by atoms with Crippen LogP contribution in [0, 0.1) is 10.1 Å². The predicted octanol–water partition coefficient (Wildman–Crippen LogP) is 3.93. The molecule has 2 aromatic rings. The van der Waals surface area contributed by atoms with E-state index in [0.717, 1.165) is 11.4 Å². The fraction of sp³-hybridized carbons (Fsp3) is 0.154. The maximum absolute atomic E-state index is 10.7.